The molecular formula is C23H18ClN3O2S. The molecule has 2 N–H and O–H groups in total. The van der Waals surface area contributed by atoms with Crippen LogP contribution in [0.5, 0.6) is 0 Å². The Morgan fingerprint density at radius 2 is 1.90 bits per heavy atom. The first kappa shape index (κ1) is 20.2. The molecule has 0 aliphatic carbocycles. The second kappa shape index (κ2) is 8.34. The Bertz CT molecular complexity index is 1330. The number of hydrogen-bond donors (Lipinski definition) is 1. The highest BCUT2D eigenvalue weighted by Crippen LogP contribution is 2.27. The minimum absolute atomic E-state index is 0.153. The molecule has 30 heavy (non-hydrogen) atoms. The minimum Gasteiger partial charge on any atom is -0.366 e. The molecule has 1 heterocycles. The van der Waals surface area contributed by atoms with E-state index in [4.69, 9.17) is 22.3 Å². The molecule has 150 valence electrons. The van der Waals surface area contributed by atoms with Gasteiger partial charge in [0.15, 0.2) is 5.16 Å². The molecule has 0 radical (unpaired) electrons. The van der Waals surface area contributed by atoms with Gasteiger partial charge in [-0.1, -0.05) is 53.7 Å². The van der Waals surface area contributed by atoms with Crippen molar-refractivity contribution in [3.05, 3.63) is 98.8 Å². The standard InChI is InChI=1S/C23H18ClN3O2S/c1-14-5-2-3-8-20(14)27-22(29)18-10-9-17(24)12-19(18)26-23(27)30-13-15-6-4-7-16(11-15)21(25)28/h2-12H,13H2,1H3,(H2,25,28). The molecular weight excluding hydrogens is 418 g/mol. The molecule has 3 aromatic carbocycles. The van der Waals surface area contributed by atoms with Gasteiger partial charge in [0.05, 0.1) is 16.6 Å². The summed E-state index contributed by atoms with van der Waals surface area (Å²) >= 11 is 7.54. The van der Waals surface area contributed by atoms with Crippen LogP contribution in [0, 0.1) is 6.92 Å². The lowest BCUT2D eigenvalue weighted by Gasteiger charge is -2.15. The first-order chi connectivity index (χ1) is 14.4. The zero-order valence-electron chi connectivity index (χ0n) is 16.1. The Kier molecular flexibility index (Phi) is 5.61. The van der Waals surface area contributed by atoms with E-state index in [1.807, 2.05) is 37.3 Å². The molecule has 0 aliphatic heterocycles. The van der Waals surface area contributed by atoms with Gasteiger partial charge in [-0.2, -0.15) is 0 Å². The van der Waals surface area contributed by atoms with Crippen LogP contribution in [0.4, 0.5) is 0 Å². The molecule has 0 unspecified atom stereocenters. The molecule has 4 rings (SSSR count). The molecule has 0 aliphatic rings. The van der Waals surface area contributed by atoms with Gasteiger partial charge in [-0.05, 0) is 54.4 Å². The Hall–Kier alpha value is -3.09. The molecule has 0 saturated heterocycles. The number of carbonyl (C=O) groups excluding carboxylic acids is 1. The van der Waals surface area contributed by atoms with Gasteiger partial charge >= 0.3 is 0 Å². The van der Waals surface area contributed by atoms with E-state index in [1.54, 1.807) is 41.0 Å². The second-order valence-corrected chi connectivity index (χ2v) is 8.22. The van der Waals surface area contributed by atoms with Crippen molar-refractivity contribution >= 4 is 40.2 Å². The van der Waals surface area contributed by atoms with Crippen molar-refractivity contribution < 1.29 is 4.79 Å². The number of thioether (sulfide) groups is 1. The van der Waals surface area contributed by atoms with Crippen LogP contribution >= 0.6 is 23.4 Å². The summed E-state index contributed by atoms with van der Waals surface area (Å²) in [6, 6.07) is 19.9. The van der Waals surface area contributed by atoms with Gasteiger partial charge in [0.25, 0.3) is 5.56 Å². The molecule has 7 heteroatoms. The number of rotatable bonds is 5. The number of para-hydroxylation sites is 1. The van der Waals surface area contributed by atoms with Gasteiger partial charge in [0.1, 0.15) is 0 Å². The lowest BCUT2D eigenvalue weighted by Crippen LogP contribution is -2.22. The topological polar surface area (TPSA) is 78.0 Å². The van der Waals surface area contributed by atoms with Crippen LogP contribution in [0.3, 0.4) is 0 Å². The van der Waals surface area contributed by atoms with E-state index in [0.717, 1.165) is 16.8 Å². The van der Waals surface area contributed by atoms with E-state index in [1.165, 1.54) is 11.8 Å². The van der Waals surface area contributed by atoms with E-state index in [0.29, 0.717) is 32.4 Å². The first-order valence-corrected chi connectivity index (χ1v) is 10.6. The SMILES string of the molecule is Cc1ccccc1-n1c(SCc2cccc(C(N)=O)c2)nc2cc(Cl)ccc2c1=O. The number of halogens is 1. The number of aromatic nitrogens is 2. The quantitative estimate of drug-likeness (QED) is 0.363. The fraction of sp³-hybridized carbons (Fsp3) is 0.0870. The van der Waals surface area contributed by atoms with E-state index in [2.05, 4.69) is 0 Å². The molecule has 5 nitrogen and oxygen atoms in total. The van der Waals surface area contributed by atoms with Crippen LogP contribution in [0.15, 0.2) is 76.7 Å². The maximum absolute atomic E-state index is 13.4. The molecule has 0 spiro atoms. The van der Waals surface area contributed by atoms with Crippen LogP contribution in [-0.4, -0.2) is 15.5 Å². The van der Waals surface area contributed by atoms with Gasteiger partial charge in [0, 0.05) is 16.3 Å². The number of hydrogen-bond acceptors (Lipinski definition) is 4. The van der Waals surface area contributed by atoms with Crippen LogP contribution in [-0.2, 0) is 5.75 Å². The van der Waals surface area contributed by atoms with Gasteiger partial charge < -0.3 is 5.73 Å². The highest BCUT2D eigenvalue weighted by Gasteiger charge is 2.15. The first-order valence-electron chi connectivity index (χ1n) is 9.24. The summed E-state index contributed by atoms with van der Waals surface area (Å²) in [7, 11) is 0. The third-order valence-electron chi connectivity index (χ3n) is 4.74. The van der Waals surface area contributed by atoms with Crippen molar-refractivity contribution in [3.8, 4) is 5.69 Å². The summed E-state index contributed by atoms with van der Waals surface area (Å²) in [6.45, 7) is 1.96. The fourth-order valence-electron chi connectivity index (χ4n) is 3.22. The maximum Gasteiger partial charge on any atom is 0.266 e. The van der Waals surface area contributed by atoms with Crippen LogP contribution in [0.1, 0.15) is 21.5 Å². The van der Waals surface area contributed by atoms with Crippen molar-refractivity contribution in [1.82, 2.24) is 9.55 Å². The Morgan fingerprint density at radius 1 is 1.10 bits per heavy atom. The summed E-state index contributed by atoms with van der Waals surface area (Å²) in [6.07, 6.45) is 0. The molecule has 0 bridgehead atoms. The van der Waals surface area contributed by atoms with Crippen molar-refractivity contribution in [2.24, 2.45) is 5.73 Å². The summed E-state index contributed by atoms with van der Waals surface area (Å²) in [5, 5.41) is 1.57. The molecule has 0 atom stereocenters. The van der Waals surface area contributed by atoms with Crippen molar-refractivity contribution in [2.45, 2.75) is 17.8 Å². The number of nitrogens with zero attached hydrogens (tertiary/aromatic N) is 2. The monoisotopic (exact) mass is 435 g/mol. The van der Waals surface area contributed by atoms with Crippen molar-refractivity contribution in [1.29, 1.82) is 0 Å². The van der Waals surface area contributed by atoms with Crippen LogP contribution in [0.25, 0.3) is 16.6 Å². The van der Waals surface area contributed by atoms with Crippen LogP contribution in [0.2, 0.25) is 5.02 Å². The molecule has 1 amide bonds. The molecule has 0 fully saturated rings. The number of carbonyl (C=O) groups is 1. The predicted molar refractivity (Wildman–Crippen MR) is 122 cm³/mol. The third kappa shape index (κ3) is 3.97. The van der Waals surface area contributed by atoms with Crippen molar-refractivity contribution in [3.63, 3.8) is 0 Å². The molecule has 0 saturated carbocycles. The number of amides is 1. The minimum atomic E-state index is -0.475. The van der Waals surface area contributed by atoms with E-state index >= 15 is 0 Å². The lowest BCUT2D eigenvalue weighted by atomic mass is 10.1. The Labute approximate surface area is 182 Å². The average Bonchev–Trinajstić information content (AvgIpc) is 2.73. The Balaban J connectivity index is 1.84. The molecule has 1 aromatic heterocycles. The normalized spacial score (nSPS) is 11.0. The smallest absolute Gasteiger partial charge is 0.266 e. The number of fused-ring (bicyclic) bond motifs is 1. The van der Waals surface area contributed by atoms with Gasteiger partial charge in [-0.15, -0.1) is 0 Å². The molecule has 4 aromatic rings. The summed E-state index contributed by atoms with van der Waals surface area (Å²) in [5.41, 5.74) is 8.88. The predicted octanol–water partition coefficient (Wildman–Crippen LogP) is 4.74. The fourth-order valence-corrected chi connectivity index (χ4v) is 4.34. The van der Waals surface area contributed by atoms with Gasteiger partial charge in [0.2, 0.25) is 5.91 Å². The van der Waals surface area contributed by atoms with E-state index < -0.39 is 5.91 Å². The highest BCUT2D eigenvalue weighted by atomic mass is 35.5. The number of aryl methyl sites for hydroxylation is 1. The lowest BCUT2D eigenvalue weighted by molar-refractivity contribution is 0.1000. The summed E-state index contributed by atoms with van der Waals surface area (Å²) < 4.78 is 1.63. The summed E-state index contributed by atoms with van der Waals surface area (Å²) in [4.78, 5) is 29.6. The highest BCUT2D eigenvalue weighted by molar-refractivity contribution is 7.98. The van der Waals surface area contributed by atoms with Gasteiger partial charge in [-0.25, -0.2) is 4.98 Å². The zero-order chi connectivity index (χ0) is 21.3. The van der Waals surface area contributed by atoms with Crippen molar-refractivity contribution in [2.75, 3.05) is 0 Å². The number of primary amides is 1. The largest absolute Gasteiger partial charge is 0.366 e. The van der Waals surface area contributed by atoms with Crippen LogP contribution < -0.4 is 11.3 Å². The maximum atomic E-state index is 13.4. The van der Waals surface area contributed by atoms with E-state index in [9.17, 15) is 9.59 Å². The van der Waals surface area contributed by atoms with E-state index in [-0.39, 0.29) is 5.56 Å². The average molecular weight is 436 g/mol. The summed E-state index contributed by atoms with van der Waals surface area (Å²) in [5.74, 6) is 0.0445. The Morgan fingerprint density at radius 3 is 2.67 bits per heavy atom. The second-order valence-electron chi connectivity index (χ2n) is 6.84. The number of nitrogens with two attached hydrogens (primary N) is 1. The van der Waals surface area contributed by atoms with Gasteiger partial charge in [-0.3, -0.25) is 14.2 Å². The zero-order valence-corrected chi connectivity index (χ0v) is 17.7. The number of benzene rings is 3. The third-order valence-corrected chi connectivity index (χ3v) is 5.98.